The van der Waals surface area contributed by atoms with Crippen molar-refractivity contribution in [1.82, 2.24) is 4.31 Å². The molecule has 7 heteroatoms. The molecule has 0 aliphatic carbocycles. The second-order valence-corrected chi connectivity index (χ2v) is 8.15. The standard InChI is InChI=1S/C12H17BrClNO3S/c1-8-3-9(2)7-15(6-8)19(16,17)11-4-10(5-14)18-12(11)13/h4,8-9H,3,5-7H2,1-2H3. The third kappa shape index (κ3) is 3.17. The van der Waals surface area contributed by atoms with Crippen LogP contribution in [0.3, 0.4) is 0 Å². The van der Waals surface area contributed by atoms with Crippen molar-refractivity contribution in [1.29, 1.82) is 0 Å². The van der Waals surface area contributed by atoms with Gasteiger partial charge in [-0.05, 0) is 34.2 Å². The first-order valence-corrected chi connectivity index (χ1v) is 8.95. The van der Waals surface area contributed by atoms with Crippen molar-refractivity contribution >= 4 is 37.6 Å². The number of piperidine rings is 1. The Morgan fingerprint density at radius 1 is 1.42 bits per heavy atom. The number of hydrogen-bond acceptors (Lipinski definition) is 3. The minimum atomic E-state index is -3.51. The molecule has 1 saturated heterocycles. The van der Waals surface area contributed by atoms with Gasteiger partial charge in [0.05, 0.1) is 5.88 Å². The van der Waals surface area contributed by atoms with Crippen LogP contribution in [0.5, 0.6) is 0 Å². The van der Waals surface area contributed by atoms with E-state index in [-0.39, 0.29) is 15.4 Å². The van der Waals surface area contributed by atoms with Crippen LogP contribution in [-0.4, -0.2) is 25.8 Å². The van der Waals surface area contributed by atoms with E-state index in [2.05, 4.69) is 29.8 Å². The van der Waals surface area contributed by atoms with Gasteiger partial charge in [0.25, 0.3) is 0 Å². The van der Waals surface area contributed by atoms with Crippen LogP contribution in [0, 0.1) is 11.8 Å². The Morgan fingerprint density at radius 3 is 2.47 bits per heavy atom. The van der Waals surface area contributed by atoms with E-state index in [4.69, 9.17) is 16.0 Å². The summed E-state index contributed by atoms with van der Waals surface area (Å²) in [7, 11) is -3.51. The van der Waals surface area contributed by atoms with Gasteiger partial charge in [0.1, 0.15) is 10.7 Å². The average molecular weight is 371 g/mol. The number of nitrogens with zero attached hydrogens (tertiary/aromatic N) is 1. The third-order valence-electron chi connectivity index (χ3n) is 3.29. The molecule has 2 unspecified atom stereocenters. The minimum Gasteiger partial charge on any atom is -0.452 e. The van der Waals surface area contributed by atoms with E-state index in [1.807, 2.05) is 0 Å². The first-order valence-electron chi connectivity index (χ1n) is 6.19. The Bertz CT molecular complexity index is 547. The molecule has 2 atom stereocenters. The van der Waals surface area contributed by atoms with Crippen LogP contribution >= 0.6 is 27.5 Å². The predicted molar refractivity (Wildman–Crippen MR) is 77.7 cm³/mol. The van der Waals surface area contributed by atoms with Gasteiger partial charge in [-0.15, -0.1) is 11.6 Å². The summed E-state index contributed by atoms with van der Waals surface area (Å²) in [5.74, 6) is 1.35. The normalized spacial score (nSPS) is 25.7. The van der Waals surface area contributed by atoms with Gasteiger partial charge in [-0.2, -0.15) is 4.31 Å². The molecule has 0 N–H and O–H groups in total. The van der Waals surface area contributed by atoms with Crippen LogP contribution in [0.2, 0.25) is 0 Å². The lowest BCUT2D eigenvalue weighted by atomic mass is 9.94. The molecule has 1 aromatic heterocycles. The van der Waals surface area contributed by atoms with E-state index in [1.54, 1.807) is 4.31 Å². The Morgan fingerprint density at radius 2 is 2.00 bits per heavy atom. The summed E-state index contributed by atoms with van der Waals surface area (Å²) in [5, 5.41) is 0. The second-order valence-electron chi connectivity index (χ2n) is 5.25. The zero-order valence-corrected chi connectivity index (χ0v) is 14.1. The fraction of sp³-hybridized carbons (Fsp3) is 0.667. The van der Waals surface area contributed by atoms with Gasteiger partial charge in [-0.1, -0.05) is 13.8 Å². The van der Waals surface area contributed by atoms with E-state index in [9.17, 15) is 8.42 Å². The SMILES string of the molecule is CC1CC(C)CN(S(=O)(=O)c2cc(CCl)oc2Br)C1. The molecular formula is C12H17BrClNO3S. The van der Waals surface area contributed by atoms with Crippen molar-refractivity contribution in [2.24, 2.45) is 11.8 Å². The van der Waals surface area contributed by atoms with Crippen LogP contribution < -0.4 is 0 Å². The molecule has 2 rings (SSSR count). The monoisotopic (exact) mass is 369 g/mol. The minimum absolute atomic E-state index is 0.154. The summed E-state index contributed by atoms with van der Waals surface area (Å²) in [5.41, 5.74) is 0. The van der Waals surface area contributed by atoms with Crippen LogP contribution in [0.4, 0.5) is 0 Å². The van der Waals surface area contributed by atoms with E-state index < -0.39 is 10.0 Å². The van der Waals surface area contributed by atoms with Gasteiger partial charge in [-0.25, -0.2) is 8.42 Å². The highest BCUT2D eigenvalue weighted by molar-refractivity contribution is 9.10. The molecule has 108 valence electrons. The van der Waals surface area contributed by atoms with Crippen molar-refractivity contribution in [3.63, 3.8) is 0 Å². The third-order valence-corrected chi connectivity index (χ3v) is 6.24. The van der Waals surface area contributed by atoms with E-state index >= 15 is 0 Å². The zero-order valence-electron chi connectivity index (χ0n) is 10.9. The van der Waals surface area contributed by atoms with Gasteiger partial charge in [0.15, 0.2) is 4.67 Å². The molecule has 1 aliphatic heterocycles. The predicted octanol–water partition coefficient (Wildman–Crippen LogP) is 3.45. The Labute approximate surface area is 127 Å². The topological polar surface area (TPSA) is 50.5 Å². The molecule has 2 heterocycles. The Hall–Kier alpha value is -0.0400. The number of rotatable bonds is 3. The van der Waals surface area contributed by atoms with Gasteiger partial charge >= 0.3 is 0 Å². The summed E-state index contributed by atoms with van der Waals surface area (Å²) >= 11 is 8.83. The maximum Gasteiger partial charge on any atom is 0.247 e. The van der Waals surface area contributed by atoms with Crippen LogP contribution in [-0.2, 0) is 15.9 Å². The molecule has 0 saturated carbocycles. The fourth-order valence-corrected chi connectivity index (χ4v) is 5.35. The highest BCUT2D eigenvalue weighted by Crippen LogP contribution is 2.32. The van der Waals surface area contributed by atoms with Crippen molar-refractivity contribution in [3.8, 4) is 0 Å². The quantitative estimate of drug-likeness (QED) is 0.766. The molecule has 1 aliphatic rings. The molecule has 19 heavy (non-hydrogen) atoms. The number of halogens is 2. The van der Waals surface area contributed by atoms with Crippen LogP contribution in [0.15, 0.2) is 20.0 Å². The lowest BCUT2D eigenvalue weighted by Gasteiger charge is -2.33. The van der Waals surface area contributed by atoms with Gasteiger partial charge in [-0.3, -0.25) is 0 Å². The van der Waals surface area contributed by atoms with Crippen LogP contribution in [0.25, 0.3) is 0 Å². The molecule has 0 aromatic carbocycles. The molecule has 1 aromatic rings. The summed E-state index contributed by atoms with van der Waals surface area (Å²) in [6.45, 7) is 5.26. The Balaban J connectivity index is 2.33. The largest absolute Gasteiger partial charge is 0.452 e. The second kappa shape index (κ2) is 5.76. The number of alkyl halides is 1. The number of furan rings is 1. The van der Waals surface area contributed by atoms with E-state index in [0.29, 0.717) is 30.7 Å². The maximum atomic E-state index is 12.6. The Kier molecular flexibility index (Phi) is 4.65. The van der Waals surface area contributed by atoms with Gasteiger partial charge in [0.2, 0.25) is 10.0 Å². The molecule has 0 amide bonds. The molecular weight excluding hydrogens is 354 g/mol. The zero-order chi connectivity index (χ0) is 14.2. The molecule has 0 bridgehead atoms. The first kappa shape index (κ1) is 15.4. The summed E-state index contributed by atoms with van der Waals surface area (Å²) in [4.78, 5) is 0.171. The maximum absolute atomic E-state index is 12.6. The van der Waals surface area contributed by atoms with Crippen molar-refractivity contribution in [3.05, 3.63) is 16.5 Å². The molecule has 0 radical (unpaired) electrons. The number of hydrogen-bond donors (Lipinski definition) is 0. The first-order chi connectivity index (χ1) is 8.84. The van der Waals surface area contributed by atoms with Gasteiger partial charge < -0.3 is 4.42 Å². The van der Waals surface area contributed by atoms with Crippen molar-refractivity contribution < 1.29 is 12.8 Å². The summed E-state index contributed by atoms with van der Waals surface area (Å²) in [6, 6.07) is 1.50. The molecule has 1 fully saturated rings. The highest BCUT2D eigenvalue weighted by atomic mass is 79.9. The smallest absolute Gasteiger partial charge is 0.247 e. The van der Waals surface area contributed by atoms with Gasteiger partial charge in [0, 0.05) is 19.2 Å². The van der Waals surface area contributed by atoms with Crippen LogP contribution in [0.1, 0.15) is 26.0 Å². The van der Waals surface area contributed by atoms with E-state index in [0.717, 1.165) is 6.42 Å². The summed E-state index contributed by atoms with van der Waals surface area (Å²) in [6.07, 6.45) is 1.06. The van der Waals surface area contributed by atoms with Crippen molar-refractivity contribution in [2.75, 3.05) is 13.1 Å². The lowest BCUT2D eigenvalue weighted by molar-refractivity contribution is 0.222. The summed E-state index contributed by atoms with van der Waals surface area (Å²) < 4.78 is 32.3. The lowest BCUT2D eigenvalue weighted by Crippen LogP contribution is -2.42. The molecule has 4 nitrogen and oxygen atoms in total. The fourth-order valence-electron chi connectivity index (χ4n) is 2.58. The highest BCUT2D eigenvalue weighted by Gasteiger charge is 2.34. The average Bonchev–Trinajstić information content (AvgIpc) is 2.70. The molecule has 0 spiro atoms. The van der Waals surface area contributed by atoms with E-state index in [1.165, 1.54) is 6.07 Å². The number of sulfonamides is 1. The van der Waals surface area contributed by atoms with Crippen molar-refractivity contribution in [2.45, 2.75) is 31.0 Å².